The number of hydrogen-bond donors (Lipinski definition) is 4. The molecule has 0 saturated heterocycles. The number of phenolic OH excluding ortho intramolecular Hbond substituents is 4. The van der Waals surface area contributed by atoms with E-state index in [0.717, 1.165) is 0 Å². The summed E-state index contributed by atoms with van der Waals surface area (Å²) in [6.07, 6.45) is 2.91. The van der Waals surface area contributed by atoms with E-state index < -0.39 is 0 Å². The second kappa shape index (κ2) is 8.90. The van der Waals surface area contributed by atoms with Gasteiger partial charge in [0, 0.05) is 43.0 Å². The molecule has 0 aliphatic rings. The molecule has 0 aliphatic heterocycles. The number of hydrogen-bond acceptors (Lipinski definition) is 6. The van der Waals surface area contributed by atoms with Gasteiger partial charge in [0.2, 0.25) is 0 Å². The molecule has 0 aliphatic carbocycles. The van der Waals surface area contributed by atoms with E-state index in [1.807, 2.05) is 0 Å². The van der Waals surface area contributed by atoms with Crippen molar-refractivity contribution in [2.24, 2.45) is 9.98 Å². The van der Waals surface area contributed by atoms with Crippen molar-refractivity contribution in [2.75, 3.05) is 13.1 Å². The predicted molar refractivity (Wildman–Crippen MR) is 84.5 cm³/mol. The van der Waals surface area contributed by atoms with Gasteiger partial charge in [-0.25, -0.2) is 0 Å². The molecule has 0 bridgehead atoms. The van der Waals surface area contributed by atoms with Gasteiger partial charge in [-0.15, -0.1) is 0 Å². The summed E-state index contributed by atoms with van der Waals surface area (Å²) < 4.78 is 0. The summed E-state index contributed by atoms with van der Waals surface area (Å²) in [6.45, 7) is 0.760. The Morgan fingerprint density at radius 3 is 1.48 bits per heavy atom. The summed E-state index contributed by atoms with van der Waals surface area (Å²) >= 11 is 0. The first-order valence-electron chi connectivity index (χ1n) is 6.61. The van der Waals surface area contributed by atoms with Gasteiger partial charge in [0.15, 0.2) is 23.0 Å². The molecular formula is C16H16N2O4Zn. The number of benzene rings is 2. The fourth-order valence-corrected chi connectivity index (χ4v) is 1.75. The minimum Gasteiger partial charge on any atom is -0.504 e. The summed E-state index contributed by atoms with van der Waals surface area (Å²) in [4.78, 5) is 8.19. The minimum atomic E-state index is -0.209. The zero-order chi connectivity index (χ0) is 15.9. The van der Waals surface area contributed by atoms with E-state index in [0.29, 0.717) is 24.2 Å². The molecule has 0 radical (unpaired) electrons. The van der Waals surface area contributed by atoms with Crippen molar-refractivity contribution in [3.63, 3.8) is 0 Å². The molecule has 7 heteroatoms. The Morgan fingerprint density at radius 2 is 1.09 bits per heavy atom. The van der Waals surface area contributed by atoms with Crippen molar-refractivity contribution >= 4 is 12.4 Å². The zero-order valence-electron chi connectivity index (χ0n) is 12.4. The topological polar surface area (TPSA) is 106 Å². The van der Waals surface area contributed by atoms with E-state index in [1.165, 1.54) is 24.6 Å². The Balaban J connectivity index is 0.00000264. The maximum atomic E-state index is 9.58. The monoisotopic (exact) mass is 364 g/mol. The van der Waals surface area contributed by atoms with Crippen molar-refractivity contribution in [1.29, 1.82) is 0 Å². The minimum absolute atomic E-state index is 0. The van der Waals surface area contributed by atoms with Gasteiger partial charge in [0.25, 0.3) is 0 Å². The van der Waals surface area contributed by atoms with Crippen LogP contribution >= 0.6 is 0 Å². The van der Waals surface area contributed by atoms with Crippen LogP contribution in [0.15, 0.2) is 46.4 Å². The number of phenols is 4. The van der Waals surface area contributed by atoms with Gasteiger partial charge in [0.05, 0.1) is 13.1 Å². The molecule has 116 valence electrons. The van der Waals surface area contributed by atoms with Gasteiger partial charge >= 0.3 is 0 Å². The molecule has 0 fully saturated rings. The molecule has 0 heterocycles. The molecular weight excluding hydrogens is 350 g/mol. The van der Waals surface area contributed by atoms with Crippen LogP contribution in [0.2, 0.25) is 0 Å². The Kier molecular flexibility index (Phi) is 7.22. The second-order valence-corrected chi connectivity index (χ2v) is 4.50. The second-order valence-electron chi connectivity index (χ2n) is 4.50. The molecule has 0 aromatic heterocycles. The summed E-state index contributed by atoms with van der Waals surface area (Å²) in [7, 11) is 0. The third-order valence-corrected chi connectivity index (χ3v) is 2.91. The molecule has 2 aromatic carbocycles. The van der Waals surface area contributed by atoms with Crippen LogP contribution in [0.5, 0.6) is 23.0 Å². The third kappa shape index (κ3) is 5.07. The predicted octanol–water partition coefficient (Wildman–Crippen LogP) is 2.04. The van der Waals surface area contributed by atoms with Crippen molar-refractivity contribution in [3.8, 4) is 23.0 Å². The largest absolute Gasteiger partial charge is 0.504 e. The fraction of sp³-hybridized carbons (Fsp3) is 0.125. The number of para-hydroxylation sites is 2. The van der Waals surface area contributed by atoms with Crippen LogP contribution in [0.3, 0.4) is 0 Å². The van der Waals surface area contributed by atoms with Crippen LogP contribution in [0.4, 0.5) is 0 Å². The Morgan fingerprint density at radius 1 is 0.696 bits per heavy atom. The molecule has 23 heavy (non-hydrogen) atoms. The van der Waals surface area contributed by atoms with Gasteiger partial charge in [-0.05, 0) is 24.3 Å². The average Bonchev–Trinajstić information content (AvgIpc) is 2.51. The van der Waals surface area contributed by atoms with E-state index in [1.54, 1.807) is 24.3 Å². The van der Waals surface area contributed by atoms with E-state index in [4.69, 9.17) is 0 Å². The molecule has 0 unspecified atom stereocenters. The Bertz CT molecular complexity index is 656. The molecule has 0 spiro atoms. The maximum absolute atomic E-state index is 9.58. The van der Waals surface area contributed by atoms with E-state index >= 15 is 0 Å². The van der Waals surface area contributed by atoms with Gasteiger partial charge in [-0.1, -0.05) is 12.1 Å². The van der Waals surface area contributed by atoms with E-state index in [9.17, 15) is 20.4 Å². The SMILES string of the molecule is Oc1cccc(C=NCCN=Cc2cccc(O)c2O)c1O.[Zn]. The molecule has 0 amide bonds. The van der Waals surface area contributed by atoms with Crippen LogP contribution in [0, 0.1) is 0 Å². The van der Waals surface area contributed by atoms with Crippen LogP contribution in [-0.4, -0.2) is 45.9 Å². The summed E-state index contributed by atoms with van der Waals surface area (Å²) in [5.74, 6) is -0.804. The quantitative estimate of drug-likeness (QED) is 0.281. The van der Waals surface area contributed by atoms with Crippen LogP contribution < -0.4 is 0 Å². The maximum Gasteiger partial charge on any atom is 0.166 e. The molecule has 0 saturated carbocycles. The first kappa shape index (κ1) is 18.7. The van der Waals surface area contributed by atoms with E-state index in [2.05, 4.69) is 9.98 Å². The van der Waals surface area contributed by atoms with Crippen molar-refractivity contribution in [2.45, 2.75) is 0 Å². The smallest absolute Gasteiger partial charge is 0.166 e. The van der Waals surface area contributed by atoms with Crippen LogP contribution in [0.25, 0.3) is 0 Å². The van der Waals surface area contributed by atoms with Crippen molar-refractivity contribution in [3.05, 3.63) is 47.5 Å². The summed E-state index contributed by atoms with van der Waals surface area (Å²) in [5.41, 5.74) is 0.851. The van der Waals surface area contributed by atoms with Crippen LogP contribution in [-0.2, 0) is 19.5 Å². The van der Waals surface area contributed by atoms with Gasteiger partial charge in [0.1, 0.15) is 0 Å². The normalized spacial score (nSPS) is 11.0. The van der Waals surface area contributed by atoms with E-state index in [-0.39, 0.29) is 42.5 Å². The number of rotatable bonds is 5. The van der Waals surface area contributed by atoms with Crippen molar-refractivity contribution in [1.82, 2.24) is 0 Å². The number of aliphatic imine (C=N–C) groups is 2. The average molecular weight is 366 g/mol. The van der Waals surface area contributed by atoms with Gasteiger partial charge < -0.3 is 20.4 Å². The third-order valence-electron chi connectivity index (χ3n) is 2.91. The van der Waals surface area contributed by atoms with Gasteiger partial charge in [-0.2, -0.15) is 0 Å². The first-order valence-corrected chi connectivity index (χ1v) is 6.61. The Hall–Kier alpha value is -2.40. The van der Waals surface area contributed by atoms with Gasteiger partial charge in [-0.3, -0.25) is 9.98 Å². The number of nitrogens with zero attached hydrogens (tertiary/aromatic N) is 2. The number of aromatic hydroxyl groups is 4. The van der Waals surface area contributed by atoms with Crippen LogP contribution in [0.1, 0.15) is 11.1 Å². The molecule has 2 aromatic rings. The Labute approximate surface area is 146 Å². The molecule has 6 nitrogen and oxygen atoms in total. The standard InChI is InChI=1S/C16H16N2O4.Zn/c19-13-5-1-3-11(15(13)21)9-17-7-8-18-10-12-4-2-6-14(20)16(12)22;/h1-6,9-10,19-22H,7-8H2;. The molecule has 2 rings (SSSR count). The zero-order valence-corrected chi connectivity index (χ0v) is 15.4. The summed E-state index contributed by atoms with van der Waals surface area (Å²) in [6, 6.07) is 9.26. The molecule has 0 atom stereocenters. The molecule has 4 N–H and O–H groups in total. The van der Waals surface area contributed by atoms with Crippen molar-refractivity contribution < 1.29 is 39.9 Å². The summed E-state index contributed by atoms with van der Waals surface area (Å²) in [5, 5.41) is 37.8. The fourth-order valence-electron chi connectivity index (χ4n) is 1.75. The first-order chi connectivity index (χ1) is 10.6.